The lowest BCUT2D eigenvalue weighted by molar-refractivity contribution is -0.118. The second kappa shape index (κ2) is 8.74. The summed E-state index contributed by atoms with van der Waals surface area (Å²) in [6.45, 7) is 10.8. The molecule has 2 aromatic carbocycles. The molecule has 0 fully saturated rings. The molecule has 5 nitrogen and oxygen atoms in total. The van der Waals surface area contributed by atoms with Crippen LogP contribution in [0.25, 0.3) is 11.0 Å². The van der Waals surface area contributed by atoms with Crippen molar-refractivity contribution < 1.29 is 9.53 Å². The van der Waals surface area contributed by atoms with Crippen LogP contribution in [0, 0.1) is 6.92 Å². The monoisotopic (exact) mass is 377 g/mol. The lowest BCUT2D eigenvalue weighted by Gasteiger charge is -2.16. The normalized spacial score (nSPS) is 12.0. The van der Waals surface area contributed by atoms with Crippen LogP contribution in [0.3, 0.4) is 0 Å². The lowest BCUT2D eigenvalue weighted by atomic mass is 10.2. The van der Waals surface area contributed by atoms with Gasteiger partial charge >= 0.3 is 0 Å². The lowest BCUT2D eigenvalue weighted by Crippen LogP contribution is -2.29. The molecule has 0 aliphatic heterocycles. The predicted octanol–water partition coefficient (Wildman–Crippen LogP) is 4.57. The van der Waals surface area contributed by atoms with Gasteiger partial charge in [-0.1, -0.05) is 30.8 Å². The van der Waals surface area contributed by atoms with Gasteiger partial charge in [-0.3, -0.25) is 4.79 Å². The minimum Gasteiger partial charge on any atom is -0.494 e. The summed E-state index contributed by atoms with van der Waals surface area (Å²) in [5.41, 5.74) is 3.65. The van der Waals surface area contributed by atoms with Gasteiger partial charge in [-0.05, 0) is 57.0 Å². The maximum absolute atomic E-state index is 12.0. The second-order valence-electron chi connectivity index (χ2n) is 7.10. The Morgan fingerprint density at radius 3 is 2.79 bits per heavy atom. The van der Waals surface area contributed by atoms with Crippen molar-refractivity contribution in [2.24, 2.45) is 0 Å². The summed E-state index contributed by atoms with van der Waals surface area (Å²) in [5.74, 6) is 1.57. The number of rotatable bonds is 8. The van der Waals surface area contributed by atoms with Gasteiger partial charge in [0.05, 0.1) is 23.7 Å². The summed E-state index contributed by atoms with van der Waals surface area (Å²) < 4.78 is 8.04. The first-order valence-corrected chi connectivity index (χ1v) is 9.56. The van der Waals surface area contributed by atoms with E-state index in [1.165, 1.54) is 5.56 Å². The number of carbonyl (C=O) groups is 1. The van der Waals surface area contributed by atoms with Gasteiger partial charge in [0.15, 0.2) is 0 Å². The van der Waals surface area contributed by atoms with E-state index in [1.807, 2.05) is 43.3 Å². The number of ether oxygens (including phenoxy) is 1. The second-order valence-corrected chi connectivity index (χ2v) is 7.10. The zero-order valence-corrected chi connectivity index (χ0v) is 16.7. The predicted molar refractivity (Wildman–Crippen MR) is 112 cm³/mol. The molecule has 1 heterocycles. The van der Waals surface area contributed by atoms with Crippen LogP contribution in [-0.4, -0.2) is 22.1 Å². The molecule has 0 saturated heterocycles. The Labute approximate surface area is 166 Å². The van der Waals surface area contributed by atoms with Crippen molar-refractivity contribution >= 4 is 16.9 Å². The number of nitrogens with zero attached hydrogens (tertiary/aromatic N) is 2. The minimum atomic E-state index is -0.214. The van der Waals surface area contributed by atoms with Crippen LogP contribution in [0.4, 0.5) is 0 Å². The number of benzene rings is 2. The zero-order valence-electron chi connectivity index (χ0n) is 16.7. The molecule has 28 heavy (non-hydrogen) atoms. The highest BCUT2D eigenvalue weighted by Crippen LogP contribution is 2.22. The van der Waals surface area contributed by atoms with Crippen molar-refractivity contribution in [3.05, 3.63) is 72.1 Å². The number of hydrogen-bond donors (Lipinski definition) is 1. The first-order valence-electron chi connectivity index (χ1n) is 9.56. The number of imidazole rings is 1. The first kappa shape index (κ1) is 19.7. The Bertz CT molecular complexity index is 990. The Balaban J connectivity index is 1.73. The van der Waals surface area contributed by atoms with Crippen LogP contribution in [0.5, 0.6) is 5.75 Å². The van der Waals surface area contributed by atoms with Crippen molar-refractivity contribution in [3.63, 3.8) is 0 Å². The number of carbonyl (C=O) groups excluding carboxylic acids is 1. The molecular formula is C23H27N3O2. The largest absolute Gasteiger partial charge is 0.494 e. The van der Waals surface area contributed by atoms with Crippen LogP contribution in [-0.2, 0) is 11.3 Å². The molecule has 3 aromatic rings. The number of aryl methyl sites for hydroxylation is 2. The SMILES string of the molecule is C=C(C)C(=O)NC(C)c1nc2ccccc2n1CCCOc1cccc(C)c1. The molecule has 1 amide bonds. The van der Waals surface area contributed by atoms with Gasteiger partial charge in [-0.25, -0.2) is 4.98 Å². The molecule has 1 N–H and O–H groups in total. The van der Waals surface area contributed by atoms with Crippen LogP contribution in [0.1, 0.15) is 37.7 Å². The molecule has 146 valence electrons. The molecule has 1 aromatic heterocycles. The molecule has 1 atom stereocenters. The highest BCUT2D eigenvalue weighted by Gasteiger charge is 2.18. The Hall–Kier alpha value is -3.08. The summed E-state index contributed by atoms with van der Waals surface area (Å²) in [5, 5.41) is 2.97. The highest BCUT2D eigenvalue weighted by molar-refractivity contribution is 5.92. The zero-order chi connectivity index (χ0) is 20.1. The van der Waals surface area contributed by atoms with Gasteiger partial charge in [-0.2, -0.15) is 0 Å². The van der Waals surface area contributed by atoms with Gasteiger partial charge in [-0.15, -0.1) is 0 Å². The molecule has 0 aliphatic rings. The fourth-order valence-electron chi connectivity index (χ4n) is 3.16. The van der Waals surface area contributed by atoms with Gasteiger partial charge in [0.1, 0.15) is 11.6 Å². The van der Waals surface area contributed by atoms with Gasteiger partial charge in [0.2, 0.25) is 5.91 Å². The number of fused-ring (bicyclic) bond motifs is 1. The summed E-state index contributed by atoms with van der Waals surface area (Å²) in [4.78, 5) is 16.8. The number of amides is 1. The van der Waals surface area contributed by atoms with Gasteiger partial charge < -0.3 is 14.6 Å². The summed E-state index contributed by atoms with van der Waals surface area (Å²) in [7, 11) is 0. The smallest absolute Gasteiger partial charge is 0.246 e. The van der Waals surface area contributed by atoms with E-state index in [1.54, 1.807) is 6.92 Å². The Morgan fingerprint density at radius 2 is 2.04 bits per heavy atom. The van der Waals surface area contributed by atoms with Crippen molar-refractivity contribution in [1.29, 1.82) is 0 Å². The van der Waals surface area contributed by atoms with Crippen LogP contribution >= 0.6 is 0 Å². The van der Waals surface area contributed by atoms with E-state index < -0.39 is 0 Å². The number of para-hydroxylation sites is 2. The maximum atomic E-state index is 12.0. The van der Waals surface area contributed by atoms with Crippen LogP contribution in [0.15, 0.2) is 60.7 Å². The number of aromatic nitrogens is 2. The van der Waals surface area contributed by atoms with Crippen molar-refractivity contribution in [2.45, 2.75) is 39.8 Å². The fourth-order valence-corrected chi connectivity index (χ4v) is 3.16. The van der Waals surface area contributed by atoms with Gasteiger partial charge in [0, 0.05) is 12.1 Å². The van der Waals surface area contributed by atoms with E-state index >= 15 is 0 Å². The average Bonchev–Trinajstić information content (AvgIpc) is 3.04. The van der Waals surface area contributed by atoms with Gasteiger partial charge in [0.25, 0.3) is 0 Å². The standard InChI is InChI=1S/C23H27N3O2/c1-16(2)23(27)24-18(4)22-25-20-11-5-6-12-21(20)26(22)13-8-14-28-19-10-7-9-17(3)15-19/h5-7,9-12,15,18H,1,8,13-14H2,2-4H3,(H,24,27). The summed E-state index contributed by atoms with van der Waals surface area (Å²) in [6, 6.07) is 15.9. The average molecular weight is 377 g/mol. The first-order chi connectivity index (χ1) is 13.5. The van der Waals surface area contributed by atoms with E-state index in [-0.39, 0.29) is 11.9 Å². The molecule has 0 spiro atoms. The summed E-state index contributed by atoms with van der Waals surface area (Å²) in [6.07, 6.45) is 0.836. The highest BCUT2D eigenvalue weighted by atomic mass is 16.5. The van der Waals surface area contributed by atoms with E-state index in [9.17, 15) is 4.79 Å². The van der Waals surface area contributed by atoms with Crippen molar-refractivity contribution in [3.8, 4) is 5.75 Å². The van der Waals surface area contributed by atoms with Crippen molar-refractivity contribution in [2.75, 3.05) is 6.61 Å². The topological polar surface area (TPSA) is 56.2 Å². The van der Waals surface area contributed by atoms with Crippen LogP contribution in [0.2, 0.25) is 0 Å². The molecule has 0 aliphatic carbocycles. The third kappa shape index (κ3) is 4.60. The quantitative estimate of drug-likeness (QED) is 0.462. The molecule has 1 unspecified atom stereocenters. The summed E-state index contributed by atoms with van der Waals surface area (Å²) >= 11 is 0. The third-order valence-corrected chi connectivity index (χ3v) is 4.59. The molecule has 0 saturated carbocycles. The number of nitrogens with one attached hydrogen (secondary N) is 1. The third-order valence-electron chi connectivity index (χ3n) is 4.59. The van der Waals surface area contributed by atoms with E-state index in [4.69, 9.17) is 9.72 Å². The Morgan fingerprint density at radius 1 is 1.25 bits per heavy atom. The maximum Gasteiger partial charge on any atom is 0.246 e. The van der Waals surface area contributed by atoms with Crippen LogP contribution < -0.4 is 10.1 Å². The molecule has 3 rings (SSSR count). The van der Waals surface area contributed by atoms with Crippen molar-refractivity contribution in [1.82, 2.24) is 14.9 Å². The molecular weight excluding hydrogens is 350 g/mol. The molecule has 0 bridgehead atoms. The fraction of sp³-hybridized carbons (Fsp3) is 0.304. The van der Waals surface area contributed by atoms with E-state index in [0.717, 1.165) is 35.6 Å². The number of hydrogen-bond acceptors (Lipinski definition) is 3. The van der Waals surface area contributed by atoms with E-state index in [2.05, 4.69) is 35.5 Å². The minimum absolute atomic E-state index is 0.158. The molecule has 5 heteroatoms. The molecule has 0 radical (unpaired) electrons. The Kier molecular flexibility index (Phi) is 6.14. The van der Waals surface area contributed by atoms with E-state index in [0.29, 0.717) is 12.2 Å².